The minimum atomic E-state index is -0.642. The van der Waals surface area contributed by atoms with Gasteiger partial charge in [0.25, 0.3) is 0 Å². The van der Waals surface area contributed by atoms with Crippen LogP contribution in [0.5, 0.6) is 28.7 Å². The number of benzene rings is 2. The summed E-state index contributed by atoms with van der Waals surface area (Å²) in [5.41, 5.74) is 1.13. The Morgan fingerprint density at radius 3 is 2.37 bits per heavy atom. The fourth-order valence-corrected chi connectivity index (χ4v) is 2.47. The molecule has 2 rings (SSSR count). The van der Waals surface area contributed by atoms with Crippen molar-refractivity contribution in [2.24, 2.45) is 0 Å². The van der Waals surface area contributed by atoms with Crippen LogP contribution in [0.1, 0.15) is 5.56 Å². The molecule has 150 valence electrons. The predicted molar refractivity (Wildman–Crippen MR) is 96.2 cm³/mol. The lowest BCUT2D eigenvalue weighted by atomic mass is 10.1. The van der Waals surface area contributed by atoms with E-state index in [2.05, 4.69) is 0 Å². The van der Waals surface area contributed by atoms with Gasteiger partial charge in [0.05, 0.1) is 20.8 Å². The maximum absolute atomic E-state index is 9.98. The molecule has 27 heavy (non-hydrogen) atoms. The highest BCUT2D eigenvalue weighted by Gasteiger charge is 2.10. The lowest BCUT2D eigenvalue weighted by molar-refractivity contribution is -0.660. The van der Waals surface area contributed by atoms with Crippen molar-refractivity contribution in [2.75, 3.05) is 33.9 Å². The van der Waals surface area contributed by atoms with Crippen LogP contribution >= 0.6 is 0 Å². The maximum Gasteiger partial charge on any atom is 0.161 e. The number of ether oxygens (including phenoxy) is 3. The third-order valence-corrected chi connectivity index (χ3v) is 3.91. The van der Waals surface area contributed by atoms with Crippen LogP contribution in [0.25, 0.3) is 0 Å². The summed E-state index contributed by atoms with van der Waals surface area (Å²) in [4.78, 5) is 0. The van der Waals surface area contributed by atoms with Crippen LogP contribution < -0.4 is 31.9 Å². The molecule has 0 aromatic heterocycles. The van der Waals surface area contributed by atoms with Crippen molar-refractivity contribution in [1.82, 2.24) is 0 Å². The molecule has 8 heteroatoms. The molecule has 2 aromatic rings. The molecule has 0 heterocycles. The fourth-order valence-electron chi connectivity index (χ4n) is 2.47. The van der Waals surface area contributed by atoms with Gasteiger partial charge in [0.15, 0.2) is 23.0 Å². The van der Waals surface area contributed by atoms with Crippen LogP contribution in [0, 0.1) is 0 Å². The second-order valence-corrected chi connectivity index (χ2v) is 5.87. The number of rotatable bonds is 10. The number of halogens is 1. The Balaban J connectivity index is 0.00000364. The van der Waals surface area contributed by atoms with E-state index in [4.69, 9.17) is 14.2 Å². The van der Waals surface area contributed by atoms with E-state index in [1.54, 1.807) is 14.2 Å². The second-order valence-electron chi connectivity index (χ2n) is 5.87. The number of nitrogens with two attached hydrogens (primary N) is 1. The zero-order chi connectivity index (χ0) is 18.9. The van der Waals surface area contributed by atoms with Crippen LogP contribution in [0.3, 0.4) is 0 Å². The van der Waals surface area contributed by atoms with Crippen molar-refractivity contribution in [3.8, 4) is 28.7 Å². The highest BCUT2D eigenvalue weighted by molar-refractivity contribution is 5.43. The molecule has 0 fully saturated rings. The largest absolute Gasteiger partial charge is 1.00 e. The Bertz CT molecular complexity index is 713. The van der Waals surface area contributed by atoms with E-state index in [0.717, 1.165) is 18.5 Å². The standard InChI is InChI=1S/C19H25NO6.ClH/c1-24-18-6-3-13(9-19(18)25-2)7-8-20-11-14(21)12-26-15-4-5-16(22)17(23)10-15;/h3-6,9-10,14,20-23H,7-8,11-12H2,1-2H3;1H. The average Bonchev–Trinajstić information content (AvgIpc) is 2.66. The molecule has 0 bridgehead atoms. The van der Waals surface area contributed by atoms with Crippen LogP contribution in [-0.4, -0.2) is 55.3 Å². The molecule has 0 aliphatic rings. The number of methoxy groups -OCH3 is 2. The minimum Gasteiger partial charge on any atom is -1.00 e. The van der Waals surface area contributed by atoms with Gasteiger partial charge in [-0.1, -0.05) is 6.07 Å². The van der Waals surface area contributed by atoms with Gasteiger partial charge in [0.2, 0.25) is 0 Å². The Morgan fingerprint density at radius 1 is 0.963 bits per heavy atom. The number of aliphatic hydroxyl groups excluding tert-OH is 1. The van der Waals surface area contributed by atoms with Gasteiger partial charge in [-0.3, -0.25) is 0 Å². The lowest BCUT2D eigenvalue weighted by Crippen LogP contribution is -3.00. The van der Waals surface area contributed by atoms with Crippen LogP contribution in [0.2, 0.25) is 0 Å². The molecular weight excluding hydrogens is 374 g/mol. The van der Waals surface area contributed by atoms with E-state index in [1.165, 1.54) is 18.2 Å². The van der Waals surface area contributed by atoms with Gasteiger partial charge in [0, 0.05) is 12.5 Å². The summed E-state index contributed by atoms with van der Waals surface area (Å²) in [5.74, 6) is 1.34. The first-order valence-electron chi connectivity index (χ1n) is 8.39. The topological polar surface area (TPSA) is 105 Å². The first-order valence-corrected chi connectivity index (χ1v) is 8.39. The van der Waals surface area contributed by atoms with Crippen molar-refractivity contribution in [1.29, 1.82) is 0 Å². The molecule has 0 spiro atoms. The van der Waals surface area contributed by atoms with Gasteiger partial charge in [-0.15, -0.1) is 0 Å². The molecule has 0 radical (unpaired) electrons. The minimum absolute atomic E-state index is 0. The average molecular weight is 400 g/mol. The van der Waals surface area contributed by atoms with E-state index in [1.807, 2.05) is 23.5 Å². The summed E-state index contributed by atoms with van der Waals surface area (Å²) < 4.78 is 15.9. The zero-order valence-corrected chi connectivity index (χ0v) is 16.1. The Morgan fingerprint density at radius 2 is 1.70 bits per heavy atom. The summed E-state index contributed by atoms with van der Waals surface area (Å²) >= 11 is 0. The van der Waals surface area contributed by atoms with E-state index in [0.29, 0.717) is 23.8 Å². The van der Waals surface area contributed by atoms with Crippen LogP contribution in [0.15, 0.2) is 36.4 Å². The molecule has 7 nitrogen and oxygen atoms in total. The highest BCUT2D eigenvalue weighted by Crippen LogP contribution is 2.29. The van der Waals surface area contributed by atoms with Gasteiger partial charge >= 0.3 is 0 Å². The van der Waals surface area contributed by atoms with Crippen LogP contribution in [-0.2, 0) is 6.42 Å². The van der Waals surface area contributed by atoms with E-state index in [9.17, 15) is 15.3 Å². The van der Waals surface area contributed by atoms with Gasteiger partial charge in [-0.2, -0.15) is 0 Å². The van der Waals surface area contributed by atoms with Crippen LogP contribution in [0.4, 0.5) is 0 Å². The number of aliphatic hydroxyl groups is 1. The quantitative estimate of drug-likeness (QED) is 0.264. The lowest BCUT2D eigenvalue weighted by Gasteiger charge is -2.12. The predicted octanol–water partition coefficient (Wildman–Crippen LogP) is -2.34. The van der Waals surface area contributed by atoms with E-state index >= 15 is 0 Å². The summed E-state index contributed by atoms with van der Waals surface area (Å²) in [6, 6.07) is 10.00. The molecular formula is C19H26ClNO6. The molecule has 1 atom stereocenters. The number of hydrogen-bond donors (Lipinski definition) is 4. The molecule has 0 amide bonds. The maximum atomic E-state index is 9.98. The SMILES string of the molecule is COc1ccc(CC[NH2+]CC(O)COc2ccc(O)c(O)c2)cc1OC.[Cl-]. The zero-order valence-electron chi connectivity index (χ0n) is 15.4. The first kappa shape index (κ1) is 22.7. The third-order valence-electron chi connectivity index (χ3n) is 3.91. The Labute approximate surface area is 164 Å². The number of phenolic OH excluding ortho intramolecular Hbond substituents is 2. The number of aromatic hydroxyl groups is 2. The van der Waals surface area contributed by atoms with Crippen molar-refractivity contribution in [3.05, 3.63) is 42.0 Å². The van der Waals surface area contributed by atoms with Crippen molar-refractivity contribution in [3.63, 3.8) is 0 Å². The van der Waals surface area contributed by atoms with Gasteiger partial charge in [-0.25, -0.2) is 0 Å². The number of hydrogen-bond acceptors (Lipinski definition) is 6. The molecule has 1 unspecified atom stereocenters. The van der Waals surface area contributed by atoms with Crippen molar-refractivity contribution >= 4 is 0 Å². The third kappa shape index (κ3) is 7.05. The van der Waals surface area contributed by atoms with Gasteiger partial charge in [0.1, 0.15) is 25.0 Å². The van der Waals surface area contributed by atoms with Crippen molar-refractivity contribution < 1.29 is 47.3 Å². The first-order chi connectivity index (χ1) is 12.5. The van der Waals surface area contributed by atoms with Crippen molar-refractivity contribution in [2.45, 2.75) is 12.5 Å². The van der Waals surface area contributed by atoms with E-state index in [-0.39, 0.29) is 30.5 Å². The number of phenols is 2. The van der Waals surface area contributed by atoms with E-state index < -0.39 is 6.10 Å². The fraction of sp³-hybridized carbons (Fsp3) is 0.368. The second kappa shape index (κ2) is 11.4. The Kier molecular flexibility index (Phi) is 9.56. The molecule has 0 aliphatic heterocycles. The van der Waals surface area contributed by atoms with Gasteiger partial charge in [-0.05, 0) is 29.8 Å². The molecule has 2 aromatic carbocycles. The highest BCUT2D eigenvalue weighted by atomic mass is 35.5. The van der Waals surface area contributed by atoms with Gasteiger partial charge < -0.3 is 47.3 Å². The summed E-state index contributed by atoms with van der Waals surface area (Å²) in [5, 5.41) is 30.6. The molecule has 5 N–H and O–H groups in total. The molecule has 0 saturated heterocycles. The summed E-state index contributed by atoms with van der Waals surface area (Å²) in [7, 11) is 3.21. The smallest absolute Gasteiger partial charge is 0.161 e. The molecule has 0 aliphatic carbocycles. The summed E-state index contributed by atoms with van der Waals surface area (Å²) in [6.45, 7) is 1.42. The Hall–Kier alpha value is -2.35. The normalized spacial score (nSPS) is 11.4. The molecule has 0 saturated carbocycles. The number of quaternary nitrogens is 1. The summed E-state index contributed by atoms with van der Waals surface area (Å²) in [6.07, 6.45) is 0.191. The monoisotopic (exact) mass is 399 g/mol.